The second-order valence-electron chi connectivity index (χ2n) is 5.12. The van der Waals surface area contributed by atoms with Gasteiger partial charge in [0.2, 0.25) is 5.56 Å². The smallest absolute Gasteiger partial charge is 0.255 e. The second kappa shape index (κ2) is 4.96. The number of hydrogen-bond donors (Lipinski definition) is 1. The minimum atomic E-state index is -0.113. The maximum absolute atomic E-state index is 12.4. The monoisotopic (exact) mass is 272 g/mol. The fraction of sp³-hybridized carbons (Fsp3) is 0.357. The van der Waals surface area contributed by atoms with Crippen LogP contribution in [0.5, 0.6) is 0 Å². The van der Waals surface area contributed by atoms with Gasteiger partial charge in [-0.1, -0.05) is 0 Å². The zero-order valence-corrected chi connectivity index (χ0v) is 11.2. The molecule has 1 aliphatic rings. The number of carbonyl (C=O) groups is 1. The van der Waals surface area contributed by atoms with E-state index < -0.39 is 0 Å². The van der Waals surface area contributed by atoms with Crippen molar-refractivity contribution in [3.8, 4) is 0 Å². The van der Waals surface area contributed by atoms with E-state index in [1.54, 1.807) is 25.5 Å². The Hall–Kier alpha value is -2.37. The molecule has 0 saturated carbocycles. The predicted octanol–water partition coefficient (Wildman–Crippen LogP) is 0.738. The first kappa shape index (κ1) is 12.7. The number of nitrogens with zero attached hydrogens (tertiary/aromatic N) is 3. The van der Waals surface area contributed by atoms with Crippen LogP contribution in [0.2, 0.25) is 0 Å². The number of aryl methyl sites for hydroxylation is 1. The van der Waals surface area contributed by atoms with Crippen LogP contribution < -0.4 is 5.56 Å². The van der Waals surface area contributed by atoms with Crippen molar-refractivity contribution in [3.63, 3.8) is 0 Å². The van der Waals surface area contributed by atoms with Crippen molar-refractivity contribution in [2.75, 3.05) is 13.1 Å². The van der Waals surface area contributed by atoms with Crippen molar-refractivity contribution in [2.45, 2.75) is 12.3 Å². The summed E-state index contributed by atoms with van der Waals surface area (Å²) >= 11 is 0. The van der Waals surface area contributed by atoms with Crippen LogP contribution >= 0.6 is 0 Å². The van der Waals surface area contributed by atoms with Crippen LogP contribution in [0.4, 0.5) is 0 Å². The number of hydrogen-bond acceptors (Lipinski definition) is 3. The van der Waals surface area contributed by atoms with E-state index >= 15 is 0 Å². The molecule has 1 fully saturated rings. The largest absolute Gasteiger partial charge is 0.338 e. The average Bonchev–Trinajstić information content (AvgIpc) is 3.11. The quantitative estimate of drug-likeness (QED) is 0.876. The molecule has 1 unspecified atom stereocenters. The van der Waals surface area contributed by atoms with Gasteiger partial charge < -0.3 is 9.47 Å². The number of nitrogens with one attached hydrogen (secondary N) is 1. The lowest BCUT2D eigenvalue weighted by atomic mass is 10.1. The van der Waals surface area contributed by atoms with Crippen LogP contribution in [-0.4, -0.2) is 38.7 Å². The molecule has 1 N–H and O–H groups in total. The van der Waals surface area contributed by atoms with Crippen molar-refractivity contribution in [3.05, 3.63) is 52.2 Å². The molecule has 2 aromatic heterocycles. The molecule has 104 valence electrons. The van der Waals surface area contributed by atoms with Crippen molar-refractivity contribution >= 4 is 5.91 Å². The summed E-state index contributed by atoms with van der Waals surface area (Å²) in [6, 6.07) is 4.97. The molecule has 1 atom stereocenters. The lowest BCUT2D eigenvalue weighted by molar-refractivity contribution is 0.0789. The van der Waals surface area contributed by atoms with Gasteiger partial charge in [0.15, 0.2) is 0 Å². The third-order valence-corrected chi connectivity index (χ3v) is 3.77. The van der Waals surface area contributed by atoms with E-state index in [0.29, 0.717) is 18.0 Å². The number of aromatic amines is 1. The third kappa shape index (κ3) is 2.24. The van der Waals surface area contributed by atoms with Gasteiger partial charge in [-0.3, -0.25) is 14.7 Å². The van der Waals surface area contributed by atoms with E-state index in [-0.39, 0.29) is 11.5 Å². The molecule has 6 nitrogen and oxygen atoms in total. The van der Waals surface area contributed by atoms with Gasteiger partial charge in [-0.2, -0.15) is 5.10 Å². The fourth-order valence-corrected chi connectivity index (χ4v) is 2.60. The summed E-state index contributed by atoms with van der Waals surface area (Å²) in [6.07, 6.45) is 4.25. The number of pyridine rings is 1. The number of carbonyl (C=O) groups excluding carboxylic acids is 1. The summed E-state index contributed by atoms with van der Waals surface area (Å²) in [6.45, 7) is 1.41. The van der Waals surface area contributed by atoms with Gasteiger partial charge in [0.25, 0.3) is 5.91 Å². The normalized spacial score (nSPS) is 18.4. The summed E-state index contributed by atoms with van der Waals surface area (Å²) in [4.78, 5) is 25.6. The van der Waals surface area contributed by atoms with E-state index in [9.17, 15) is 9.59 Å². The molecule has 0 bridgehead atoms. The van der Waals surface area contributed by atoms with Crippen molar-refractivity contribution in [1.29, 1.82) is 0 Å². The number of rotatable bonds is 2. The summed E-state index contributed by atoms with van der Waals surface area (Å²) in [5.41, 5.74) is 1.51. The maximum Gasteiger partial charge on any atom is 0.255 e. The molecule has 3 heterocycles. The van der Waals surface area contributed by atoms with E-state index in [4.69, 9.17) is 0 Å². The molecule has 1 aliphatic heterocycles. The molecular weight excluding hydrogens is 256 g/mol. The highest BCUT2D eigenvalue weighted by Crippen LogP contribution is 2.26. The first-order valence-electron chi connectivity index (χ1n) is 6.60. The minimum absolute atomic E-state index is 0.0254. The first-order chi connectivity index (χ1) is 9.65. The van der Waals surface area contributed by atoms with Crippen LogP contribution in [0.25, 0.3) is 0 Å². The zero-order valence-electron chi connectivity index (χ0n) is 11.2. The van der Waals surface area contributed by atoms with E-state index in [2.05, 4.69) is 10.2 Å². The average molecular weight is 272 g/mol. The van der Waals surface area contributed by atoms with Gasteiger partial charge in [-0.25, -0.2) is 0 Å². The van der Waals surface area contributed by atoms with Crippen molar-refractivity contribution in [1.82, 2.24) is 19.7 Å². The molecular formula is C14H16N4O2. The number of H-pyrrole nitrogens is 1. The number of aromatic nitrogens is 3. The van der Waals surface area contributed by atoms with Crippen molar-refractivity contribution < 1.29 is 4.79 Å². The Morgan fingerprint density at radius 3 is 2.95 bits per heavy atom. The van der Waals surface area contributed by atoms with Crippen LogP contribution in [0, 0.1) is 0 Å². The van der Waals surface area contributed by atoms with Crippen LogP contribution in [0.15, 0.2) is 35.4 Å². The molecule has 20 heavy (non-hydrogen) atoms. The Labute approximate surface area is 116 Å². The highest BCUT2D eigenvalue weighted by molar-refractivity contribution is 5.94. The summed E-state index contributed by atoms with van der Waals surface area (Å²) in [5, 5.41) is 6.91. The SMILES string of the molecule is Cn1cc(C(=O)N2CCC(c3ccn[nH]3)C2)ccc1=O. The van der Waals surface area contributed by atoms with Crippen LogP contribution in [-0.2, 0) is 7.05 Å². The Balaban J connectivity index is 1.75. The molecule has 2 aromatic rings. The predicted molar refractivity (Wildman–Crippen MR) is 73.5 cm³/mol. The second-order valence-corrected chi connectivity index (χ2v) is 5.12. The van der Waals surface area contributed by atoms with Gasteiger partial charge in [0.05, 0.1) is 5.56 Å². The summed E-state index contributed by atoms with van der Waals surface area (Å²) in [5.74, 6) is 0.289. The molecule has 1 saturated heterocycles. The maximum atomic E-state index is 12.4. The van der Waals surface area contributed by atoms with Crippen LogP contribution in [0.3, 0.4) is 0 Å². The molecule has 0 spiro atoms. The summed E-state index contributed by atoms with van der Waals surface area (Å²) in [7, 11) is 1.65. The summed E-state index contributed by atoms with van der Waals surface area (Å²) < 4.78 is 1.43. The molecule has 0 aliphatic carbocycles. The van der Waals surface area contributed by atoms with E-state index in [1.807, 2.05) is 11.0 Å². The lowest BCUT2D eigenvalue weighted by Crippen LogP contribution is -2.29. The van der Waals surface area contributed by atoms with Gasteiger partial charge in [0, 0.05) is 50.2 Å². The molecule has 3 rings (SSSR count). The van der Waals surface area contributed by atoms with Gasteiger partial charge >= 0.3 is 0 Å². The van der Waals surface area contributed by atoms with Gasteiger partial charge in [-0.15, -0.1) is 0 Å². The Kier molecular flexibility index (Phi) is 3.14. The molecule has 6 heteroatoms. The molecule has 0 radical (unpaired) electrons. The Morgan fingerprint density at radius 1 is 1.40 bits per heavy atom. The van der Waals surface area contributed by atoms with Crippen molar-refractivity contribution in [2.24, 2.45) is 7.05 Å². The lowest BCUT2D eigenvalue weighted by Gasteiger charge is -2.16. The van der Waals surface area contributed by atoms with Gasteiger partial charge in [0.1, 0.15) is 0 Å². The number of amides is 1. The standard InChI is InChI=1S/C14H16N4O2/c1-17-8-11(2-3-13(17)19)14(20)18-7-5-10(9-18)12-4-6-15-16-12/h2-4,6,8,10H,5,7,9H2,1H3,(H,15,16). The zero-order chi connectivity index (χ0) is 14.1. The van der Waals surface area contributed by atoms with Gasteiger partial charge in [-0.05, 0) is 18.6 Å². The third-order valence-electron chi connectivity index (χ3n) is 3.77. The molecule has 0 aromatic carbocycles. The highest BCUT2D eigenvalue weighted by atomic mass is 16.2. The fourth-order valence-electron chi connectivity index (χ4n) is 2.60. The van der Waals surface area contributed by atoms with Crippen LogP contribution in [0.1, 0.15) is 28.4 Å². The Morgan fingerprint density at radius 2 is 2.25 bits per heavy atom. The minimum Gasteiger partial charge on any atom is -0.338 e. The first-order valence-corrected chi connectivity index (χ1v) is 6.60. The Bertz CT molecular complexity index is 675. The molecule has 1 amide bonds. The van der Waals surface area contributed by atoms with E-state index in [0.717, 1.165) is 18.7 Å². The van der Waals surface area contributed by atoms with E-state index in [1.165, 1.54) is 10.6 Å². The number of likely N-dealkylation sites (tertiary alicyclic amines) is 1. The highest BCUT2D eigenvalue weighted by Gasteiger charge is 2.28. The topological polar surface area (TPSA) is 71.0 Å².